The van der Waals surface area contributed by atoms with Crippen molar-refractivity contribution in [2.75, 3.05) is 51.5 Å². The minimum atomic E-state index is -4.41. The second-order valence-corrected chi connectivity index (χ2v) is 11.0. The molecule has 0 spiro atoms. The van der Waals surface area contributed by atoms with Gasteiger partial charge in [0, 0.05) is 7.05 Å². The first-order valence-electron chi connectivity index (χ1n) is 11.9. The number of hydrogen-bond donors (Lipinski definition) is 3. The third-order valence-electron chi connectivity index (χ3n) is 6.07. The summed E-state index contributed by atoms with van der Waals surface area (Å²) in [7, 11) is 4.76. The summed E-state index contributed by atoms with van der Waals surface area (Å²) in [6.07, 6.45) is 3.68. The van der Waals surface area contributed by atoms with E-state index in [1.807, 2.05) is 11.9 Å². The molecule has 208 valence electrons. The number of alkyl halides is 4. The molecule has 9 nitrogen and oxygen atoms in total. The van der Waals surface area contributed by atoms with E-state index in [-0.39, 0.29) is 34.8 Å². The van der Waals surface area contributed by atoms with Gasteiger partial charge in [-0.15, -0.1) is 0 Å². The third-order valence-corrected chi connectivity index (χ3v) is 7.83. The van der Waals surface area contributed by atoms with Crippen LogP contribution in [0, 0.1) is 11.8 Å². The second kappa shape index (κ2) is 12.1. The fourth-order valence-electron chi connectivity index (χ4n) is 4.16. The summed E-state index contributed by atoms with van der Waals surface area (Å²) in [6, 6.07) is 2.52. The van der Waals surface area contributed by atoms with E-state index in [9.17, 15) is 22.4 Å². The molecule has 0 aromatic carbocycles. The summed E-state index contributed by atoms with van der Waals surface area (Å²) in [5, 5.41) is 4.17. The van der Waals surface area contributed by atoms with Crippen LogP contribution in [0.15, 0.2) is 30.7 Å². The number of fused-ring (bicyclic) bond motifs is 1. The van der Waals surface area contributed by atoms with Gasteiger partial charge in [0.1, 0.15) is 0 Å². The van der Waals surface area contributed by atoms with Gasteiger partial charge >= 0.3 is 222 Å². The van der Waals surface area contributed by atoms with E-state index >= 15 is 0 Å². The van der Waals surface area contributed by atoms with Gasteiger partial charge in [0.2, 0.25) is 0 Å². The van der Waals surface area contributed by atoms with Crippen LogP contribution >= 0.6 is 0 Å². The Labute approximate surface area is 228 Å². The molecule has 0 saturated carbocycles. The summed E-state index contributed by atoms with van der Waals surface area (Å²) in [5.41, 5.74) is 1.25. The van der Waals surface area contributed by atoms with Crippen molar-refractivity contribution in [3.63, 3.8) is 0 Å². The maximum absolute atomic E-state index is 14.6. The molecule has 2 unspecified atom stereocenters. The maximum atomic E-state index is 14.6. The van der Waals surface area contributed by atoms with Crippen LogP contribution in [0.3, 0.4) is 0 Å². The Morgan fingerprint density at radius 3 is 2.79 bits per heavy atom. The van der Waals surface area contributed by atoms with Gasteiger partial charge in [0.05, 0.1) is 0 Å². The number of hydrogen-bond acceptors (Lipinski definition) is 7. The van der Waals surface area contributed by atoms with Crippen LogP contribution in [0.25, 0.3) is 5.52 Å². The monoisotopic (exact) mass is 613 g/mol. The van der Waals surface area contributed by atoms with Crippen LogP contribution < -0.4 is 25.3 Å². The van der Waals surface area contributed by atoms with Gasteiger partial charge in [-0.3, -0.25) is 0 Å². The van der Waals surface area contributed by atoms with Crippen molar-refractivity contribution >= 4 is 42.5 Å². The van der Waals surface area contributed by atoms with Crippen LogP contribution in [-0.4, -0.2) is 98.3 Å². The van der Waals surface area contributed by atoms with E-state index in [1.165, 1.54) is 43.2 Å². The topological polar surface area (TPSA) is 95.8 Å². The first kappa shape index (κ1) is 28.5. The molecular weight excluding hydrogens is 585 g/mol. The van der Waals surface area contributed by atoms with Crippen molar-refractivity contribution in [2.24, 2.45) is 0 Å². The van der Waals surface area contributed by atoms with Gasteiger partial charge in [0.15, 0.2) is 0 Å². The zero-order chi connectivity index (χ0) is 28.2. The molecule has 3 aromatic heterocycles. The average molecular weight is 612 g/mol. The van der Waals surface area contributed by atoms with Crippen molar-refractivity contribution in [3.05, 3.63) is 42.0 Å². The zero-order valence-corrected chi connectivity index (χ0v) is 23.1. The Hall–Kier alpha value is -3.53. The molecule has 0 aliphatic carbocycles. The van der Waals surface area contributed by atoms with Crippen LogP contribution in [-0.2, 0) is 0 Å². The van der Waals surface area contributed by atoms with Gasteiger partial charge in [-0.2, -0.15) is 0 Å². The number of nitrogens with zero attached hydrogens (tertiary/aromatic N) is 4. The molecule has 1 aliphatic rings. The number of likely N-dealkylation sites (tertiary alicyclic amines) is 1. The van der Waals surface area contributed by atoms with Crippen LogP contribution in [0.2, 0.25) is 0 Å². The van der Waals surface area contributed by atoms with E-state index in [1.54, 1.807) is 6.07 Å². The zero-order valence-electron chi connectivity index (χ0n) is 21.4. The number of nitrogens with one attached hydrogen (secondary N) is 3. The molecule has 1 aliphatic heterocycles. The van der Waals surface area contributed by atoms with Crippen molar-refractivity contribution < 1.29 is 27.1 Å². The van der Waals surface area contributed by atoms with Gasteiger partial charge < -0.3 is 0 Å². The molecule has 1 fully saturated rings. The standard InChI is InChI=1S/C25H27F4N7O2Se/c1-30-23(37)18-12-21(38-3)19(13-33-18)31-7-4-5-15-11-20-22(34-17-6-9-35(2)14-16(17)26)32-8-10-36(20)24(15)39-25(27,28)29/h8,10-13,16-17,31H,6-7,9,14H2,1-3H3,(H,30,37)(H,32,34). The Morgan fingerprint density at radius 2 is 2.10 bits per heavy atom. The van der Waals surface area contributed by atoms with E-state index in [4.69, 9.17) is 4.74 Å². The molecule has 14 heteroatoms. The molecule has 2 atom stereocenters. The van der Waals surface area contributed by atoms with E-state index in [0.717, 1.165) is 0 Å². The number of amides is 1. The number of pyridine rings is 1. The van der Waals surface area contributed by atoms with E-state index in [0.29, 0.717) is 35.7 Å². The number of carbonyl (C=O) groups is 1. The first-order valence-corrected chi connectivity index (χ1v) is 13.6. The summed E-state index contributed by atoms with van der Waals surface area (Å²) >= 11 is -1.88. The Morgan fingerprint density at radius 1 is 1.31 bits per heavy atom. The molecule has 1 amide bonds. The van der Waals surface area contributed by atoms with Gasteiger partial charge in [-0.25, -0.2) is 0 Å². The second-order valence-electron chi connectivity index (χ2n) is 8.76. The number of aromatic nitrogens is 3. The minimum absolute atomic E-state index is 0.0253. The predicted molar refractivity (Wildman–Crippen MR) is 141 cm³/mol. The van der Waals surface area contributed by atoms with Crippen molar-refractivity contribution in [1.29, 1.82) is 0 Å². The number of piperidine rings is 1. The quantitative estimate of drug-likeness (QED) is 0.213. The number of rotatable bonds is 7. The van der Waals surface area contributed by atoms with Crippen molar-refractivity contribution in [3.8, 4) is 17.6 Å². The van der Waals surface area contributed by atoms with E-state index < -0.39 is 32.2 Å². The molecule has 0 radical (unpaired) electrons. The Bertz CT molecular complexity index is 1400. The fraction of sp³-hybridized carbons (Fsp3) is 0.400. The Balaban J connectivity index is 1.59. The Kier molecular flexibility index (Phi) is 8.84. The molecule has 4 heterocycles. The first-order chi connectivity index (χ1) is 18.6. The number of anilines is 2. The normalized spacial score (nSPS) is 17.8. The third kappa shape index (κ3) is 6.92. The molecule has 3 N–H and O–H groups in total. The molecule has 1 saturated heterocycles. The van der Waals surface area contributed by atoms with Gasteiger partial charge in [0.25, 0.3) is 0 Å². The SMILES string of the molecule is CNC(=O)c1cc(OC)c(NCC#Cc2cc3c(NC4CCN(C)CC4F)nccn3c2[Se]C(F)(F)F)cn1. The number of halogens is 4. The molecule has 0 bridgehead atoms. The summed E-state index contributed by atoms with van der Waals surface area (Å²) in [5.74, 6) is 5.99. The molecule has 4 rings (SSSR count). The molecular formula is C25H27F4N7O2Se. The summed E-state index contributed by atoms with van der Waals surface area (Å²) in [4.78, 5) is 22.1. The fourth-order valence-corrected chi connectivity index (χ4v) is 5.62. The number of ether oxygens (including phenoxy) is 1. The van der Waals surface area contributed by atoms with Gasteiger partial charge in [-0.1, -0.05) is 0 Å². The van der Waals surface area contributed by atoms with Gasteiger partial charge in [-0.05, 0) is 0 Å². The number of methoxy groups -OCH3 is 1. The predicted octanol–water partition coefficient (Wildman–Crippen LogP) is 1.86. The van der Waals surface area contributed by atoms with Crippen LogP contribution in [0.5, 0.6) is 5.75 Å². The van der Waals surface area contributed by atoms with E-state index in [2.05, 4.69) is 37.8 Å². The summed E-state index contributed by atoms with van der Waals surface area (Å²) < 4.78 is 61.9. The molecule has 3 aromatic rings. The van der Waals surface area contributed by atoms with Crippen LogP contribution in [0.4, 0.5) is 29.1 Å². The summed E-state index contributed by atoms with van der Waals surface area (Å²) in [6.45, 7) is 1.04. The van der Waals surface area contributed by atoms with Crippen molar-refractivity contribution in [1.82, 2.24) is 24.6 Å². The molecule has 39 heavy (non-hydrogen) atoms. The average Bonchev–Trinajstić information content (AvgIpc) is 3.24. The van der Waals surface area contributed by atoms with Crippen molar-refractivity contribution in [2.45, 2.75) is 23.7 Å². The van der Waals surface area contributed by atoms with Crippen LogP contribution in [0.1, 0.15) is 22.5 Å². The number of carbonyl (C=O) groups excluding carboxylic acids is 1.